The molecule has 0 aliphatic heterocycles. The zero-order chi connectivity index (χ0) is 33.8. The zero-order valence-electron chi connectivity index (χ0n) is 27.6. The van der Waals surface area contributed by atoms with E-state index in [1.807, 2.05) is 60.9 Å². The lowest BCUT2D eigenvalue weighted by Crippen LogP contribution is -2.29. The molecule has 4 heteroatoms. The number of hydrogen-bond donors (Lipinski definition) is 0. The molecule has 0 atom stereocenters. The zero-order valence-corrected chi connectivity index (χ0v) is 27.6. The van der Waals surface area contributed by atoms with Gasteiger partial charge >= 0.3 is 0 Å². The van der Waals surface area contributed by atoms with Crippen LogP contribution in [0.1, 0.15) is 33.4 Å². The lowest BCUT2D eigenvalue weighted by atomic mass is 9.66. The van der Waals surface area contributed by atoms with Crippen LogP contribution >= 0.6 is 0 Å². The van der Waals surface area contributed by atoms with Gasteiger partial charge in [-0.15, -0.1) is 0 Å². The van der Waals surface area contributed by atoms with Crippen LogP contribution in [0.2, 0.25) is 0 Å². The Morgan fingerprint density at radius 3 is 1.51 bits per heavy atom. The molecule has 238 valence electrons. The average molecular weight is 651 g/mol. The molecule has 0 fully saturated rings. The lowest BCUT2D eigenvalue weighted by Gasteiger charge is -2.35. The van der Waals surface area contributed by atoms with Gasteiger partial charge < -0.3 is 0 Å². The highest BCUT2D eigenvalue weighted by molar-refractivity contribution is 5.92. The van der Waals surface area contributed by atoms with E-state index in [9.17, 15) is 0 Å². The van der Waals surface area contributed by atoms with Crippen molar-refractivity contribution >= 4 is 12.2 Å². The summed E-state index contributed by atoms with van der Waals surface area (Å²) in [5.41, 5.74) is 15.0. The Morgan fingerprint density at radius 2 is 0.863 bits per heavy atom. The largest absolute Gasteiger partial charge is 0.236 e. The normalized spacial score (nSPS) is 13.2. The molecular formula is C47H30N4. The van der Waals surface area contributed by atoms with Gasteiger partial charge in [-0.25, -0.2) is 19.9 Å². The molecule has 2 aromatic heterocycles. The van der Waals surface area contributed by atoms with Crippen LogP contribution in [0.4, 0.5) is 0 Å². The molecule has 51 heavy (non-hydrogen) atoms. The van der Waals surface area contributed by atoms with Crippen LogP contribution in [0.3, 0.4) is 0 Å². The van der Waals surface area contributed by atoms with Crippen LogP contribution < -0.4 is 0 Å². The molecule has 0 radical (unpaired) electrons. The van der Waals surface area contributed by atoms with Gasteiger partial charge in [-0.05, 0) is 56.6 Å². The first-order valence-corrected chi connectivity index (χ1v) is 17.2. The molecule has 2 heterocycles. The number of nitrogens with zero attached hydrogens (tertiary/aromatic N) is 4. The molecule has 4 nitrogen and oxygen atoms in total. The minimum atomic E-state index is -0.467. The lowest BCUT2D eigenvalue weighted by molar-refractivity contribution is 0.766. The van der Waals surface area contributed by atoms with Crippen LogP contribution in [0.5, 0.6) is 0 Å². The molecule has 0 unspecified atom stereocenters. The maximum absolute atomic E-state index is 5.17. The van der Waals surface area contributed by atoms with Crippen molar-refractivity contribution < 1.29 is 0 Å². The van der Waals surface area contributed by atoms with Gasteiger partial charge in [0.2, 0.25) is 0 Å². The molecule has 0 saturated carbocycles. The second-order valence-electron chi connectivity index (χ2n) is 13.1. The Morgan fingerprint density at radius 1 is 0.353 bits per heavy atom. The molecule has 2 aliphatic carbocycles. The molecule has 0 N–H and O–H groups in total. The number of hydrogen-bond acceptors (Lipinski definition) is 4. The highest BCUT2D eigenvalue weighted by Gasteiger charge is 2.48. The standard InChI is InChI=1S/C47H30N4/c1-3-15-33(16-4-1)45-48-29-36(30-49-45)44-28-43(50-46(51-44)34-17-5-2-6-18-34)35-25-26-42-38(27-35)37-19-9-12-22-41(37)47(42)39-20-10-7-13-31(39)23-24-32-14-8-11-21-40(32)47/h1-30H. The number of aromatic nitrogens is 4. The third kappa shape index (κ3) is 4.61. The van der Waals surface area contributed by atoms with Gasteiger partial charge in [0.05, 0.1) is 16.8 Å². The van der Waals surface area contributed by atoms with E-state index in [-0.39, 0.29) is 0 Å². The summed E-state index contributed by atoms with van der Waals surface area (Å²) in [6, 6.07) is 55.7. The SMILES string of the molecule is C1=Cc2ccccc2C2(c3ccccc31)c1ccccc1-c1cc(-c3cc(-c4cnc(-c5ccccc5)nc4)nc(-c4ccccc4)n3)ccc12. The Hall–Kier alpha value is -6.78. The van der Waals surface area contributed by atoms with Crippen LogP contribution in [0.15, 0.2) is 170 Å². The molecule has 6 aromatic carbocycles. The van der Waals surface area contributed by atoms with Crippen LogP contribution in [0, 0.1) is 0 Å². The van der Waals surface area contributed by atoms with E-state index < -0.39 is 5.41 Å². The predicted octanol–water partition coefficient (Wildman–Crippen LogP) is 10.8. The van der Waals surface area contributed by atoms with E-state index >= 15 is 0 Å². The fourth-order valence-electron chi connectivity index (χ4n) is 7.97. The summed E-state index contributed by atoms with van der Waals surface area (Å²) in [4.78, 5) is 19.7. The van der Waals surface area contributed by atoms with Crippen molar-refractivity contribution in [3.63, 3.8) is 0 Å². The van der Waals surface area contributed by atoms with Gasteiger partial charge in [0.25, 0.3) is 0 Å². The number of fused-ring (bicyclic) bond motifs is 9. The van der Waals surface area contributed by atoms with Crippen LogP contribution in [-0.4, -0.2) is 19.9 Å². The van der Waals surface area contributed by atoms with Gasteiger partial charge in [-0.3, -0.25) is 0 Å². The molecule has 10 rings (SSSR count). The predicted molar refractivity (Wildman–Crippen MR) is 206 cm³/mol. The smallest absolute Gasteiger partial charge is 0.160 e. The summed E-state index contributed by atoms with van der Waals surface area (Å²) in [6.45, 7) is 0. The molecule has 0 bridgehead atoms. The summed E-state index contributed by atoms with van der Waals surface area (Å²) < 4.78 is 0. The van der Waals surface area contributed by atoms with E-state index in [1.54, 1.807) is 0 Å². The third-order valence-electron chi connectivity index (χ3n) is 10.3. The molecule has 1 spiro atoms. The second-order valence-corrected chi connectivity index (χ2v) is 13.1. The first kappa shape index (κ1) is 29.2. The van der Waals surface area contributed by atoms with Crippen molar-refractivity contribution in [1.29, 1.82) is 0 Å². The molecule has 0 amide bonds. The quantitative estimate of drug-likeness (QED) is 0.190. The van der Waals surface area contributed by atoms with Crippen LogP contribution in [-0.2, 0) is 5.41 Å². The van der Waals surface area contributed by atoms with Gasteiger partial charge in [0.1, 0.15) is 0 Å². The van der Waals surface area contributed by atoms with Crippen LogP contribution in [0.25, 0.3) is 68.6 Å². The molecule has 2 aliphatic rings. The summed E-state index contributed by atoms with van der Waals surface area (Å²) in [6.07, 6.45) is 8.24. The van der Waals surface area contributed by atoms with E-state index in [2.05, 4.69) is 121 Å². The fourth-order valence-corrected chi connectivity index (χ4v) is 7.97. The van der Waals surface area contributed by atoms with E-state index in [0.29, 0.717) is 11.6 Å². The maximum Gasteiger partial charge on any atom is 0.160 e. The molecular weight excluding hydrogens is 621 g/mol. The monoisotopic (exact) mass is 650 g/mol. The average Bonchev–Trinajstić information content (AvgIpc) is 3.41. The maximum atomic E-state index is 5.17. The van der Waals surface area contributed by atoms with Crippen molar-refractivity contribution in [2.24, 2.45) is 0 Å². The Balaban J connectivity index is 1.17. The summed E-state index contributed by atoms with van der Waals surface area (Å²) in [5, 5.41) is 0. The topological polar surface area (TPSA) is 51.6 Å². The van der Waals surface area contributed by atoms with Gasteiger partial charge in [0, 0.05) is 34.6 Å². The Bertz CT molecular complexity index is 2580. The minimum absolute atomic E-state index is 0.467. The Kier molecular flexibility index (Phi) is 6.68. The summed E-state index contributed by atoms with van der Waals surface area (Å²) >= 11 is 0. The van der Waals surface area contributed by atoms with Crippen molar-refractivity contribution in [2.75, 3.05) is 0 Å². The van der Waals surface area contributed by atoms with Crippen molar-refractivity contribution in [1.82, 2.24) is 19.9 Å². The second kappa shape index (κ2) is 11.7. The number of benzene rings is 6. The highest BCUT2D eigenvalue weighted by Crippen LogP contribution is 2.58. The number of rotatable bonds is 4. The van der Waals surface area contributed by atoms with Gasteiger partial charge in [-0.1, -0.05) is 158 Å². The highest BCUT2D eigenvalue weighted by atomic mass is 14.9. The van der Waals surface area contributed by atoms with Crippen molar-refractivity contribution in [3.05, 3.63) is 203 Å². The summed E-state index contributed by atoms with van der Waals surface area (Å²) in [5.74, 6) is 1.34. The van der Waals surface area contributed by atoms with E-state index in [0.717, 1.165) is 33.6 Å². The Labute approximate surface area is 296 Å². The van der Waals surface area contributed by atoms with Crippen molar-refractivity contribution in [3.8, 4) is 56.4 Å². The minimum Gasteiger partial charge on any atom is -0.236 e. The first-order valence-electron chi connectivity index (χ1n) is 17.2. The van der Waals surface area contributed by atoms with E-state index in [4.69, 9.17) is 19.9 Å². The van der Waals surface area contributed by atoms with Gasteiger partial charge in [-0.2, -0.15) is 0 Å². The molecule has 0 saturated heterocycles. The first-order chi connectivity index (χ1) is 25.3. The van der Waals surface area contributed by atoms with E-state index in [1.165, 1.54) is 44.5 Å². The molecule has 8 aromatic rings. The summed E-state index contributed by atoms with van der Waals surface area (Å²) in [7, 11) is 0. The van der Waals surface area contributed by atoms with Gasteiger partial charge in [0.15, 0.2) is 11.6 Å². The van der Waals surface area contributed by atoms with Crippen molar-refractivity contribution in [2.45, 2.75) is 5.41 Å². The third-order valence-corrected chi connectivity index (χ3v) is 10.3. The fraction of sp³-hybridized carbons (Fsp3) is 0.0213.